The second-order valence-corrected chi connectivity index (χ2v) is 4.48. The predicted molar refractivity (Wildman–Crippen MR) is 56.8 cm³/mol. The van der Waals surface area contributed by atoms with Crippen molar-refractivity contribution in [1.29, 1.82) is 0 Å². The number of amides is 2. The molecule has 0 unspecified atom stereocenters. The lowest BCUT2D eigenvalue weighted by atomic mass is 10.4. The van der Waals surface area contributed by atoms with Crippen LogP contribution in [0.5, 0.6) is 0 Å². The lowest BCUT2D eigenvalue weighted by molar-refractivity contribution is -0.124. The molecule has 2 amide bonds. The van der Waals surface area contributed by atoms with Crippen molar-refractivity contribution < 1.29 is 14.3 Å². The summed E-state index contributed by atoms with van der Waals surface area (Å²) in [6.07, 6.45) is 0. The van der Waals surface area contributed by atoms with E-state index in [0.29, 0.717) is 12.3 Å². The van der Waals surface area contributed by atoms with Crippen molar-refractivity contribution in [3.8, 4) is 0 Å². The van der Waals surface area contributed by atoms with Crippen molar-refractivity contribution in [3.05, 3.63) is 0 Å². The molecule has 0 aromatic heterocycles. The summed E-state index contributed by atoms with van der Waals surface area (Å²) < 4.78 is 5.22. The molecule has 2 saturated heterocycles. The quantitative estimate of drug-likeness (QED) is 0.684. The Labute approximate surface area is 92.7 Å². The van der Waals surface area contributed by atoms with Gasteiger partial charge in [-0.3, -0.25) is 19.4 Å². The maximum atomic E-state index is 11.3. The highest BCUT2D eigenvalue weighted by molar-refractivity contribution is 8.14. The van der Waals surface area contributed by atoms with E-state index in [1.54, 1.807) is 0 Å². The molecule has 0 aliphatic carbocycles. The molecule has 0 saturated carbocycles. The molecule has 0 bridgehead atoms. The maximum Gasteiger partial charge on any atom is 0.288 e. The summed E-state index contributed by atoms with van der Waals surface area (Å²) in [6.45, 7) is 4.56. The van der Waals surface area contributed by atoms with E-state index in [9.17, 15) is 9.59 Å². The van der Waals surface area contributed by atoms with Gasteiger partial charge in [-0.1, -0.05) is 11.8 Å². The van der Waals surface area contributed by atoms with E-state index in [4.69, 9.17) is 4.74 Å². The monoisotopic (exact) mass is 230 g/mol. The highest BCUT2D eigenvalue weighted by atomic mass is 32.2. The topological polar surface area (TPSA) is 49.9 Å². The van der Waals surface area contributed by atoms with E-state index in [1.807, 2.05) is 0 Å². The molecule has 2 fully saturated rings. The van der Waals surface area contributed by atoms with Gasteiger partial charge in [0.15, 0.2) is 0 Å². The Balaban J connectivity index is 1.76. The Kier molecular flexibility index (Phi) is 3.61. The molecule has 0 N–H and O–H groups in total. The molecule has 2 aliphatic rings. The highest BCUT2D eigenvalue weighted by Gasteiger charge is 2.29. The third kappa shape index (κ3) is 2.70. The minimum absolute atomic E-state index is 0.0572. The summed E-state index contributed by atoms with van der Waals surface area (Å²) in [7, 11) is 0. The van der Waals surface area contributed by atoms with Crippen LogP contribution < -0.4 is 0 Å². The van der Waals surface area contributed by atoms with Crippen LogP contribution in [0, 0.1) is 0 Å². The van der Waals surface area contributed by atoms with E-state index in [0.717, 1.165) is 44.6 Å². The van der Waals surface area contributed by atoms with Crippen molar-refractivity contribution >= 4 is 22.9 Å². The van der Waals surface area contributed by atoms with Crippen LogP contribution in [-0.2, 0) is 9.53 Å². The number of thioether (sulfide) groups is 1. The average molecular weight is 230 g/mol. The van der Waals surface area contributed by atoms with E-state index in [1.165, 1.54) is 4.90 Å². The van der Waals surface area contributed by atoms with Crippen LogP contribution in [0.15, 0.2) is 0 Å². The fourth-order valence-corrected chi connectivity index (χ4v) is 2.42. The Morgan fingerprint density at radius 3 is 2.53 bits per heavy atom. The number of hydrogen-bond acceptors (Lipinski definition) is 5. The summed E-state index contributed by atoms with van der Waals surface area (Å²) in [5.41, 5.74) is 0. The lowest BCUT2D eigenvalue weighted by Gasteiger charge is -2.27. The first-order chi connectivity index (χ1) is 7.27. The first-order valence-electron chi connectivity index (χ1n) is 5.04. The summed E-state index contributed by atoms with van der Waals surface area (Å²) in [6, 6.07) is 0. The van der Waals surface area contributed by atoms with E-state index >= 15 is 0 Å². The Hall–Kier alpha value is -0.590. The van der Waals surface area contributed by atoms with E-state index < -0.39 is 0 Å². The van der Waals surface area contributed by atoms with Crippen LogP contribution in [0.25, 0.3) is 0 Å². The number of carbonyl (C=O) groups excluding carboxylic acids is 2. The van der Waals surface area contributed by atoms with Gasteiger partial charge in [-0.2, -0.15) is 0 Å². The van der Waals surface area contributed by atoms with Gasteiger partial charge in [0.2, 0.25) is 5.91 Å². The molecule has 0 aromatic rings. The fraction of sp³-hybridized carbons (Fsp3) is 0.778. The largest absolute Gasteiger partial charge is 0.379 e. The van der Waals surface area contributed by atoms with Gasteiger partial charge in [-0.05, 0) is 0 Å². The van der Waals surface area contributed by atoms with Gasteiger partial charge in [0.25, 0.3) is 5.24 Å². The first kappa shape index (κ1) is 10.9. The van der Waals surface area contributed by atoms with Crippen LogP contribution in [-0.4, -0.2) is 66.1 Å². The molecule has 2 rings (SSSR count). The Bertz CT molecular complexity index is 250. The van der Waals surface area contributed by atoms with Crippen molar-refractivity contribution in [2.45, 2.75) is 0 Å². The zero-order chi connectivity index (χ0) is 10.7. The lowest BCUT2D eigenvalue weighted by Crippen LogP contribution is -2.42. The van der Waals surface area contributed by atoms with E-state index in [2.05, 4.69) is 4.90 Å². The molecule has 0 radical (unpaired) electrons. The average Bonchev–Trinajstić information content (AvgIpc) is 2.58. The molecule has 0 atom stereocenters. The van der Waals surface area contributed by atoms with Gasteiger partial charge in [-0.25, -0.2) is 0 Å². The second-order valence-electron chi connectivity index (χ2n) is 3.55. The molecule has 84 valence electrons. The number of hydrogen-bond donors (Lipinski definition) is 0. The zero-order valence-electron chi connectivity index (χ0n) is 8.48. The Morgan fingerprint density at radius 1 is 1.20 bits per heavy atom. The summed E-state index contributed by atoms with van der Waals surface area (Å²) in [5, 5.41) is -0.103. The molecule has 15 heavy (non-hydrogen) atoms. The molecule has 2 heterocycles. The smallest absolute Gasteiger partial charge is 0.288 e. The highest BCUT2D eigenvalue weighted by Crippen LogP contribution is 2.18. The van der Waals surface area contributed by atoms with E-state index in [-0.39, 0.29) is 11.1 Å². The summed E-state index contributed by atoms with van der Waals surface area (Å²) in [4.78, 5) is 26.1. The standard InChI is InChI=1S/C9H14N2O3S/c12-8-7-15-9(13)11(8)2-1-10-3-5-14-6-4-10/h1-7H2. The number of imide groups is 1. The van der Waals surface area contributed by atoms with Crippen LogP contribution in [0.3, 0.4) is 0 Å². The van der Waals surface area contributed by atoms with Crippen LogP contribution in [0.1, 0.15) is 0 Å². The SMILES string of the molecule is O=C1CSC(=O)N1CCN1CCOCC1. The van der Waals surface area contributed by atoms with Gasteiger partial charge >= 0.3 is 0 Å². The van der Waals surface area contributed by atoms with Crippen LogP contribution >= 0.6 is 11.8 Å². The number of rotatable bonds is 3. The number of carbonyl (C=O) groups is 2. The van der Waals surface area contributed by atoms with Crippen LogP contribution in [0.2, 0.25) is 0 Å². The van der Waals surface area contributed by atoms with Crippen molar-refractivity contribution in [3.63, 3.8) is 0 Å². The Morgan fingerprint density at radius 2 is 1.93 bits per heavy atom. The fourth-order valence-electron chi connectivity index (χ4n) is 1.66. The van der Waals surface area contributed by atoms with Crippen molar-refractivity contribution in [2.75, 3.05) is 45.1 Å². The number of nitrogens with zero attached hydrogens (tertiary/aromatic N) is 2. The molecule has 2 aliphatic heterocycles. The third-order valence-electron chi connectivity index (χ3n) is 2.58. The summed E-state index contributed by atoms with van der Waals surface area (Å²) in [5.74, 6) is 0.250. The third-order valence-corrected chi connectivity index (χ3v) is 3.44. The molecule has 0 spiro atoms. The molecule has 5 nitrogen and oxygen atoms in total. The molecule has 6 heteroatoms. The van der Waals surface area contributed by atoms with Crippen LogP contribution in [0.4, 0.5) is 4.79 Å². The normalized spacial score (nSPS) is 23.9. The zero-order valence-corrected chi connectivity index (χ0v) is 9.29. The molecule has 0 aromatic carbocycles. The van der Waals surface area contributed by atoms with Gasteiger partial charge < -0.3 is 4.74 Å². The number of morpholine rings is 1. The minimum Gasteiger partial charge on any atom is -0.379 e. The second kappa shape index (κ2) is 4.96. The van der Waals surface area contributed by atoms with Crippen molar-refractivity contribution in [1.82, 2.24) is 9.80 Å². The van der Waals surface area contributed by atoms with Gasteiger partial charge in [-0.15, -0.1) is 0 Å². The number of ether oxygens (including phenoxy) is 1. The van der Waals surface area contributed by atoms with Gasteiger partial charge in [0, 0.05) is 26.2 Å². The summed E-state index contributed by atoms with van der Waals surface area (Å²) >= 11 is 1.09. The molecular formula is C9H14N2O3S. The first-order valence-corrected chi connectivity index (χ1v) is 6.03. The van der Waals surface area contributed by atoms with Gasteiger partial charge in [0.1, 0.15) is 0 Å². The van der Waals surface area contributed by atoms with Gasteiger partial charge in [0.05, 0.1) is 19.0 Å². The maximum absolute atomic E-state index is 11.3. The molecular weight excluding hydrogens is 216 g/mol. The minimum atomic E-state index is -0.103. The predicted octanol–water partition coefficient (Wildman–Crippen LogP) is 0.0140. The van der Waals surface area contributed by atoms with Crippen molar-refractivity contribution in [2.24, 2.45) is 0 Å².